The number of furan rings is 1. The maximum Gasteiger partial charge on any atom is 0.142 e. The van der Waals surface area contributed by atoms with E-state index in [1.165, 1.54) is 16.7 Å². The second-order valence-corrected chi connectivity index (χ2v) is 6.00. The second-order valence-electron chi connectivity index (χ2n) is 5.22. The molecule has 4 rings (SSSR count). The summed E-state index contributed by atoms with van der Waals surface area (Å²) in [5, 5.41) is 5.43. The maximum atomic E-state index is 6.17. The second kappa shape index (κ2) is 4.90. The highest BCUT2D eigenvalue weighted by Gasteiger charge is 2.12. The zero-order chi connectivity index (χ0) is 14.2. The summed E-state index contributed by atoms with van der Waals surface area (Å²) in [6.45, 7) is 2.13. The predicted octanol–water partition coefficient (Wildman–Crippen LogP) is 6.14. The van der Waals surface area contributed by atoms with Gasteiger partial charge in [0.1, 0.15) is 11.3 Å². The minimum atomic E-state index is 0.924. The van der Waals surface area contributed by atoms with Crippen molar-refractivity contribution in [1.82, 2.24) is 0 Å². The van der Waals surface area contributed by atoms with Crippen LogP contribution in [0.4, 0.5) is 0 Å². The fourth-order valence-electron chi connectivity index (χ4n) is 2.68. The van der Waals surface area contributed by atoms with Gasteiger partial charge in [0.2, 0.25) is 0 Å². The molecule has 21 heavy (non-hydrogen) atoms. The molecular weight excluding hydrogens is 276 g/mol. The Kier molecular flexibility index (Phi) is 2.90. The molecule has 0 aliphatic rings. The van der Waals surface area contributed by atoms with Crippen LogP contribution in [-0.4, -0.2) is 0 Å². The van der Waals surface area contributed by atoms with Crippen LogP contribution in [0.2, 0.25) is 0 Å². The van der Waals surface area contributed by atoms with E-state index >= 15 is 0 Å². The zero-order valence-electron chi connectivity index (χ0n) is 11.7. The molecule has 2 heteroatoms. The number of benzene rings is 2. The highest BCUT2D eigenvalue weighted by Crippen LogP contribution is 2.36. The van der Waals surface area contributed by atoms with Crippen LogP contribution in [0.1, 0.15) is 5.56 Å². The molecule has 0 atom stereocenters. The molecule has 0 amide bonds. The monoisotopic (exact) mass is 290 g/mol. The third-order valence-corrected chi connectivity index (χ3v) is 4.33. The molecule has 0 bridgehead atoms. The van der Waals surface area contributed by atoms with Crippen molar-refractivity contribution in [2.24, 2.45) is 0 Å². The first-order chi connectivity index (χ1) is 10.3. The Morgan fingerprint density at radius 3 is 2.52 bits per heavy atom. The molecule has 0 saturated carbocycles. The quantitative estimate of drug-likeness (QED) is 0.432. The highest BCUT2D eigenvalue weighted by molar-refractivity contribution is 7.08. The van der Waals surface area contributed by atoms with Crippen molar-refractivity contribution < 1.29 is 4.42 Å². The summed E-state index contributed by atoms with van der Waals surface area (Å²) in [4.78, 5) is 0. The zero-order valence-corrected chi connectivity index (χ0v) is 12.5. The minimum absolute atomic E-state index is 0.924. The lowest BCUT2D eigenvalue weighted by molar-refractivity contribution is 0.632. The normalized spacial score (nSPS) is 11.1. The van der Waals surface area contributed by atoms with Gasteiger partial charge in [0.15, 0.2) is 0 Å². The molecule has 0 aliphatic heterocycles. The van der Waals surface area contributed by atoms with Gasteiger partial charge in [-0.15, -0.1) is 0 Å². The number of thiophene rings is 1. The van der Waals surface area contributed by atoms with E-state index in [1.807, 2.05) is 18.2 Å². The van der Waals surface area contributed by atoms with Gasteiger partial charge >= 0.3 is 0 Å². The van der Waals surface area contributed by atoms with Crippen molar-refractivity contribution in [3.05, 3.63) is 70.9 Å². The van der Waals surface area contributed by atoms with E-state index in [0.29, 0.717) is 0 Å². The first kappa shape index (κ1) is 12.4. The molecular formula is C19H14OS. The molecule has 0 fully saturated rings. The van der Waals surface area contributed by atoms with E-state index < -0.39 is 0 Å². The summed E-state index contributed by atoms with van der Waals surface area (Å²) in [6.07, 6.45) is 0. The van der Waals surface area contributed by atoms with Gasteiger partial charge in [-0.1, -0.05) is 30.3 Å². The Morgan fingerprint density at radius 2 is 1.76 bits per heavy atom. The average Bonchev–Trinajstić information content (AvgIpc) is 3.16. The molecule has 0 N–H and O–H groups in total. The van der Waals surface area contributed by atoms with Gasteiger partial charge < -0.3 is 4.42 Å². The van der Waals surface area contributed by atoms with Crippen molar-refractivity contribution in [3.8, 4) is 22.5 Å². The van der Waals surface area contributed by atoms with Crippen molar-refractivity contribution in [3.63, 3.8) is 0 Å². The SMILES string of the molecule is Cc1cc(-c2ccsc2)c2oc(-c3ccccc3)cc2c1. The molecule has 2 heterocycles. The van der Waals surface area contributed by atoms with Crippen LogP contribution in [0, 0.1) is 6.92 Å². The summed E-state index contributed by atoms with van der Waals surface area (Å²) in [5.74, 6) is 0.924. The number of hydrogen-bond acceptors (Lipinski definition) is 2. The van der Waals surface area contributed by atoms with Crippen LogP contribution >= 0.6 is 11.3 Å². The maximum absolute atomic E-state index is 6.17. The van der Waals surface area contributed by atoms with Crippen molar-refractivity contribution in [2.45, 2.75) is 6.92 Å². The molecule has 0 radical (unpaired) electrons. The van der Waals surface area contributed by atoms with E-state index in [-0.39, 0.29) is 0 Å². The fourth-order valence-corrected chi connectivity index (χ4v) is 3.34. The summed E-state index contributed by atoms with van der Waals surface area (Å²) in [5.41, 5.74) is 5.74. The standard InChI is InChI=1S/C19H14OS/c1-13-9-16-11-18(14-5-3-2-4-6-14)20-19(16)17(10-13)15-7-8-21-12-15/h2-12H,1H3. The van der Waals surface area contributed by atoms with E-state index in [0.717, 1.165) is 22.3 Å². The van der Waals surface area contributed by atoms with Gasteiger partial charge in [0.25, 0.3) is 0 Å². The molecule has 2 aromatic carbocycles. The van der Waals surface area contributed by atoms with E-state index in [4.69, 9.17) is 4.42 Å². The lowest BCUT2D eigenvalue weighted by atomic mass is 10.0. The number of rotatable bonds is 2. The van der Waals surface area contributed by atoms with Crippen LogP contribution in [-0.2, 0) is 0 Å². The van der Waals surface area contributed by atoms with Crippen LogP contribution in [0.3, 0.4) is 0 Å². The largest absolute Gasteiger partial charge is 0.455 e. The smallest absolute Gasteiger partial charge is 0.142 e. The van der Waals surface area contributed by atoms with E-state index in [2.05, 4.69) is 54.1 Å². The summed E-state index contributed by atoms with van der Waals surface area (Å²) in [6, 6.07) is 18.9. The van der Waals surface area contributed by atoms with Crippen LogP contribution in [0.15, 0.2) is 69.8 Å². The Hall–Kier alpha value is -2.32. The Labute approximate surface area is 127 Å². The number of hydrogen-bond donors (Lipinski definition) is 0. The molecule has 102 valence electrons. The third kappa shape index (κ3) is 2.18. The lowest BCUT2D eigenvalue weighted by Crippen LogP contribution is -1.78. The molecule has 0 unspecified atom stereocenters. The molecule has 1 nitrogen and oxygen atoms in total. The fraction of sp³-hybridized carbons (Fsp3) is 0.0526. The number of fused-ring (bicyclic) bond motifs is 1. The first-order valence-electron chi connectivity index (χ1n) is 6.93. The first-order valence-corrected chi connectivity index (χ1v) is 7.88. The lowest BCUT2D eigenvalue weighted by Gasteiger charge is -2.02. The van der Waals surface area contributed by atoms with Gasteiger partial charge in [-0.2, -0.15) is 11.3 Å². The Bertz CT molecular complexity index is 886. The summed E-state index contributed by atoms with van der Waals surface area (Å²) in [7, 11) is 0. The van der Waals surface area contributed by atoms with Gasteiger partial charge in [-0.25, -0.2) is 0 Å². The van der Waals surface area contributed by atoms with Gasteiger partial charge in [0, 0.05) is 16.5 Å². The van der Waals surface area contributed by atoms with Gasteiger partial charge in [-0.05, 0) is 53.1 Å². The van der Waals surface area contributed by atoms with E-state index in [9.17, 15) is 0 Å². The highest BCUT2D eigenvalue weighted by atomic mass is 32.1. The summed E-state index contributed by atoms with van der Waals surface area (Å²) >= 11 is 1.71. The third-order valence-electron chi connectivity index (χ3n) is 3.65. The molecule has 2 aromatic heterocycles. The van der Waals surface area contributed by atoms with Gasteiger partial charge in [-0.3, -0.25) is 0 Å². The number of aryl methyl sites for hydroxylation is 1. The molecule has 4 aromatic rings. The Morgan fingerprint density at radius 1 is 0.905 bits per heavy atom. The van der Waals surface area contributed by atoms with Crippen molar-refractivity contribution >= 4 is 22.3 Å². The Balaban J connectivity index is 1.97. The van der Waals surface area contributed by atoms with E-state index in [1.54, 1.807) is 11.3 Å². The topological polar surface area (TPSA) is 13.1 Å². The van der Waals surface area contributed by atoms with Crippen molar-refractivity contribution in [1.29, 1.82) is 0 Å². The minimum Gasteiger partial charge on any atom is -0.455 e. The van der Waals surface area contributed by atoms with Gasteiger partial charge in [0.05, 0.1) is 0 Å². The van der Waals surface area contributed by atoms with Crippen molar-refractivity contribution in [2.75, 3.05) is 0 Å². The predicted molar refractivity (Wildman–Crippen MR) is 89.7 cm³/mol. The molecule has 0 saturated heterocycles. The molecule has 0 spiro atoms. The average molecular weight is 290 g/mol. The molecule has 0 aliphatic carbocycles. The van der Waals surface area contributed by atoms with Crippen LogP contribution < -0.4 is 0 Å². The van der Waals surface area contributed by atoms with Crippen LogP contribution in [0.25, 0.3) is 33.4 Å². The van der Waals surface area contributed by atoms with Crippen LogP contribution in [0.5, 0.6) is 0 Å². The summed E-state index contributed by atoms with van der Waals surface area (Å²) < 4.78 is 6.17.